The van der Waals surface area contributed by atoms with Crippen molar-refractivity contribution in [1.82, 2.24) is 15.0 Å². The van der Waals surface area contributed by atoms with Crippen LogP contribution in [0.4, 0.5) is 0 Å². The average molecular weight is 592 g/mol. The number of furan rings is 1. The summed E-state index contributed by atoms with van der Waals surface area (Å²) in [5.41, 5.74) is 12.1. The van der Waals surface area contributed by atoms with Crippen LogP contribution < -0.4 is 0 Å². The molecule has 218 valence electrons. The fraction of sp³-hybridized carbons (Fsp3) is 0.0714. The lowest BCUT2D eigenvalue weighted by Crippen LogP contribution is -2.14. The standard InChI is InChI=1S/C42H29N3O/c1-42(2)33-20-10-9-17-31(33)37-29(18-11-21-34(37)42)30-19-12-22-35-38(30)32-24-23-28(25-36(32)46-35)41-44-39(26-13-5-3-6-14-26)43-40(45-41)27-15-7-4-8-16-27/h3-25H,1-2H3. The van der Waals surface area contributed by atoms with Crippen LogP contribution in [0.25, 0.3) is 78.4 Å². The van der Waals surface area contributed by atoms with Gasteiger partial charge in [-0.3, -0.25) is 0 Å². The Morgan fingerprint density at radius 1 is 0.457 bits per heavy atom. The molecule has 0 N–H and O–H groups in total. The third-order valence-corrected chi connectivity index (χ3v) is 9.35. The van der Waals surface area contributed by atoms with E-state index in [1.54, 1.807) is 0 Å². The molecule has 0 unspecified atom stereocenters. The van der Waals surface area contributed by atoms with Gasteiger partial charge in [-0.15, -0.1) is 0 Å². The maximum atomic E-state index is 6.57. The summed E-state index contributed by atoms with van der Waals surface area (Å²) in [4.78, 5) is 14.7. The predicted molar refractivity (Wildman–Crippen MR) is 186 cm³/mol. The van der Waals surface area contributed by atoms with Crippen molar-refractivity contribution in [3.8, 4) is 56.4 Å². The first kappa shape index (κ1) is 26.5. The van der Waals surface area contributed by atoms with E-state index in [-0.39, 0.29) is 5.41 Å². The molecular weight excluding hydrogens is 562 g/mol. The Balaban J connectivity index is 1.23. The summed E-state index contributed by atoms with van der Waals surface area (Å²) in [6.45, 7) is 4.65. The minimum atomic E-state index is -0.0645. The molecule has 2 aromatic heterocycles. The lowest BCUT2D eigenvalue weighted by molar-refractivity contribution is 0.660. The number of rotatable bonds is 4. The SMILES string of the molecule is CC1(C)c2ccccc2-c2c(-c3cccc4oc5cc(-c6nc(-c7ccccc7)nc(-c7ccccc7)n6)ccc5c34)cccc21. The van der Waals surface area contributed by atoms with Crippen molar-refractivity contribution in [3.63, 3.8) is 0 Å². The first-order valence-corrected chi connectivity index (χ1v) is 15.6. The fourth-order valence-electron chi connectivity index (χ4n) is 7.11. The van der Waals surface area contributed by atoms with Crippen molar-refractivity contribution in [2.24, 2.45) is 0 Å². The molecule has 9 rings (SSSR count). The molecular formula is C42H29N3O. The summed E-state index contributed by atoms with van der Waals surface area (Å²) < 4.78 is 6.57. The molecule has 0 spiro atoms. The number of hydrogen-bond donors (Lipinski definition) is 0. The van der Waals surface area contributed by atoms with E-state index in [2.05, 4.69) is 92.7 Å². The van der Waals surface area contributed by atoms with Gasteiger partial charge in [-0.25, -0.2) is 15.0 Å². The van der Waals surface area contributed by atoms with Gasteiger partial charge in [-0.1, -0.05) is 135 Å². The summed E-state index contributed by atoms with van der Waals surface area (Å²) in [6.07, 6.45) is 0. The summed E-state index contributed by atoms with van der Waals surface area (Å²) in [5.74, 6) is 1.88. The monoisotopic (exact) mass is 591 g/mol. The fourth-order valence-corrected chi connectivity index (χ4v) is 7.11. The zero-order valence-electron chi connectivity index (χ0n) is 25.5. The third-order valence-electron chi connectivity index (χ3n) is 9.35. The van der Waals surface area contributed by atoms with E-state index in [9.17, 15) is 0 Å². The van der Waals surface area contributed by atoms with E-state index >= 15 is 0 Å². The number of nitrogens with zero attached hydrogens (tertiary/aromatic N) is 3. The highest BCUT2D eigenvalue weighted by atomic mass is 16.3. The second-order valence-electron chi connectivity index (χ2n) is 12.4. The second kappa shape index (κ2) is 10.1. The normalized spacial score (nSPS) is 13.2. The molecule has 0 amide bonds. The molecule has 2 heterocycles. The highest BCUT2D eigenvalue weighted by molar-refractivity contribution is 6.14. The van der Waals surface area contributed by atoms with Gasteiger partial charge < -0.3 is 4.42 Å². The van der Waals surface area contributed by atoms with Crippen molar-refractivity contribution >= 4 is 21.9 Å². The Hall–Kier alpha value is -5.87. The van der Waals surface area contributed by atoms with Crippen LogP contribution in [-0.2, 0) is 5.41 Å². The van der Waals surface area contributed by atoms with Gasteiger partial charge in [0.25, 0.3) is 0 Å². The molecule has 4 nitrogen and oxygen atoms in total. The maximum absolute atomic E-state index is 6.57. The Bertz CT molecular complexity index is 2380. The largest absolute Gasteiger partial charge is 0.456 e. The lowest BCUT2D eigenvalue weighted by atomic mass is 9.82. The minimum absolute atomic E-state index is 0.0645. The first-order chi connectivity index (χ1) is 22.6. The molecule has 0 saturated carbocycles. The minimum Gasteiger partial charge on any atom is -0.456 e. The van der Waals surface area contributed by atoms with Gasteiger partial charge in [-0.2, -0.15) is 0 Å². The van der Waals surface area contributed by atoms with E-state index in [0.29, 0.717) is 17.5 Å². The van der Waals surface area contributed by atoms with Crippen LogP contribution in [-0.4, -0.2) is 15.0 Å². The van der Waals surface area contributed by atoms with E-state index in [0.717, 1.165) is 38.6 Å². The van der Waals surface area contributed by atoms with E-state index < -0.39 is 0 Å². The average Bonchev–Trinajstić information content (AvgIpc) is 3.61. The van der Waals surface area contributed by atoms with Gasteiger partial charge in [0.1, 0.15) is 11.2 Å². The molecule has 1 aliphatic rings. The van der Waals surface area contributed by atoms with E-state index in [1.807, 2.05) is 60.7 Å². The summed E-state index contributed by atoms with van der Waals surface area (Å²) in [5, 5.41) is 2.18. The molecule has 4 heteroatoms. The third kappa shape index (κ3) is 4.04. The molecule has 0 aliphatic heterocycles. The number of fused-ring (bicyclic) bond motifs is 6. The maximum Gasteiger partial charge on any atom is 0.164 e. The first-order valence-electron chi connectivity index (χ1n) is 15.6. The molecule has 46 heavy (non-hydrogen) atoms. The van der Waals surface area contributed by atoms with E-state index in [1.165, 1.54) is 33.4 Å². The zero-order chi connectivity index (χ0) is 30.8. The van der Waals surface area contributed by atoms with Crippen LogP contribution in [0.2, 0.25) is 0 Å². The van der Waals surface area contributed by atoms with Crippen molar-refractivity contribution in [2.45, 2.75) is 19.3 Å². The molecule has 0 fully saturated rings. The molecule has 0 atom stereocenters. The van der Waals surface area contributed by atoms with Crippen LogP contribution >= 0.6 is 0 Å². The molecule has 0 saturated heterocycles. The Morgan fingerprint density at radius 3 is 1.74 bits per heavy atom. The van der Waals surface area contributed by atoms with Gasteiger partial charge in [0, 0.05) is 32.9 Å². The van der Waals surface area contributed by atoms with Gasteiger partial charge in [-0.05, 0) is 51.6 Å². The van der Waals surface area contributed by atoms with Crippen LogP contribution in [0, 0.1) is 0 Å². The predicted octanol–water partition coefficient (Wildman–Crippen LogP) is 10.7. The highest BCUT2D eigenvalue weighted by Crippen LogP contribution is 2.53. The lowest BCUT2D eigenvalue weighted by Gasteiger charge is -2.21. The van der Waals surface area contributed by atoms with Crippen LogP contribution in [0.5, 0.6) is 0 Å². The summed E-state index contributed by atoms with van der Waals surface area (Å²) in [7, 11) is 0. The summed E-state index contributed by atoms with van der Waals surface area (Å²) >= 11 is 0. The molecule has 8 aromatic rings. The van der Waals surface area contributed by atoms with Gasteiger partial charge in [0.2, 0.25) is 0 Å². The smallest absolute Gasteiger partial charge is 0.164 e. The highest BCUT2D eigenvalue weighted by Gasteiger charge is 2.36. The van der Waals surface area contributed by atoms with Gasteiger partial charge in [0.05, 0.1) is 0 Å². The number of hydrogen-bond acceptors (Lipinski definition) is 4. The molecule has 0 bridgehead atoms. The Morgan fingerprint density at radius 2 is 1.02 bits per heavy atom. The number of benzene rings is 6. The summed E-state index contributed by atoms with van der Waals surface area (Å²) in [6, 6.07) is 48.3. The Labute approximate surface area is 267 Å². The quantitative estimate of drug-likeness (QED) is 0.204. The molecule has 6 aromatic carbocycles. The molecule has 1 aliphatic carbocycles. The Kier molecular flexibility index (Phi) is 5.81. The van der Waals surface area contributed by atoms with Crippen LogP contribution in [0.3, 0.4) is 0 Å². The molecule has 0 radical (unpaired) electrons. The van der Waals surface area contributed by atoms with Gasteiger partial charge >= 0.3 is 0 Å². The van der Waals surface area contributed by atoms with Gasteiger partial charge in [0.15, 0.2) is 17.5 Å². The van der Waals surface area contributed by atoms with Crippen LogP contribution in [0.15, 0.2) is 144 Å². The van der Waals surface area contributed by atoms with Crippen molar-refractivity contribution in [1.29, 1.82) is 0 Å². The van der Waals surface area contributed by atoms with Crippen LogP contribution in [0.1, 0.15) is 25.0 Å². The zero-order valence-corrected chi connectivity index (χ0v) is 25.5. The number of aromatic nitrogens is 3. The van der Waals surface area contributed by atoms with Crippen molar-refractivity contribution < 1.29 is 4.42 Å². The van der Waals surface area contributed by atoms with E-state index in [4.69, 9.17) is 19.4 Å². The van der Waals surface area contributed by atoms with Crippen molar-refractivity contribution in [3.05, 3.63) is 151 Å². The second-order valence-corrected chi connectivity index (χ2v) is 12.4. The topological polar surface area (TPSA) is 51.8 Å². The van der Waals surface area contributed by atoms with Crippen molar-refractivity contribution in [2.75, 3.05) is 0 Å².